The molecule has 5 heteroatoms. The molecular formula is C15H21N3O2. The number of rotatable bonds is 4. The largest absolute Gasteiger partial charge is 0.469 e. The Kier molecular flexibility index (Phi) is 3.61. The number of hydrogen-bond acceptors (Lipinski definition) is 5. The zero-order chi connectivity index (χ0) is 14.0. The Balaban J connectivity index is 1.93. The molecule has 0 atom stereocenters. The summed E-state index contributed by atoms with van der Waals surface area (Å²) in [5.41, 5.74) is 0.962. The summed E-state index contributed by atoms with van der Waals surface area (Å²) >= 11 is 0. The lowest BCUT2D eigenvalue weighted by atomic mass is 9.75. The molecule has 20 heavy (non-hydrogen) atoms. The highest BCUT2D eigenvalue weighted by molar-refractivity contribution is 5.56. The molecule has 0 spiro atoms. The molecule has 0 aliphatic carbocycles. The van der Waals surface area contributed by atoms with Crippen LogP contribution in [0.5, 0.6) is 0 Å². The van der Waals surface area contributed by atoms with Crippen molar-refractivity contribution in [3.8, 4) is 11.4 Å². The Morgan fingerprint density at radius 2 is 2.15 bits per heavy atom. The molecule has 2 aromatic heterocycles. The summed E-state index contributed by atoms with van der Waals surface area (Å²) in [7, 11) is 0. The predicted octanol–water partition coefficient (Wildman–Crippen LogP) is 3.06. The fourth-order valence-corrected chi connectivity index (χ4v) is 3.12. The van der Waals surface area contributed by atoms with E-state index in [0.29, 0.717) is 5.82 Å². The second-order valence-electron chi connectivity index (χ2n) is 5.59. The van der Waals surface area contributed by atoms with Gasteiger partial charge in [0.2, 0.25) is 11.7 Å². The van der Waals surface area contributed by atoms with Gasteiger partial charge in [0.05, 0.1) is 17.2 Å². The Bertz CT molecular complexity index is 562. The van der Waals surface area contributed by atoms with E-state index >= 15 is 0 Å². The minimum Gasteiger partial charge on any atom is -0.469 e. The minimum absolute atomic E-state index is 0.0445. The molecule has 3 heterocycles. The number of nitrogens with zero attached hydrogens (tertiary/aromatic N) is 2. The molecule has 1 aliphatic rings. The van der Waals surface area contributed by atoms with E-state index in [1.807, 2.05) is 13.0 Å². The van der Waals surface area contributed by atoms with Crippen LogP contribution in [0.25, 0.3) is 11.4 Å². The topological polar surface area (TPSA) is 64.1 Å². The van der Waals surface area contributed by atoms with E-state index < -0.39 is 0 Å². The van der Waals surface area contributed by atoms with Gasteiger partial charge in [-0.15, -0.1) is 0 Å². The quantitative estimate of drug-likeness (QED) is 0.929. The summed E-state index contributed by atoms with van der Waals surface area (Å²) in [6.45, 7) is 6.16. The van der Waals surface area contributed by atoms with Gasteiger partial charge < -0.3 is 14.3 Å². The van der Waals surface area contributed by atoms with Gasteiger partial charge >= 0.3 is 0 Å². The first-order valence-corrected chi connectivity index (χ1v) is 7.34. The van der Waals surface area contributed by atoms with Crippen LogP contribution in [0.4, 0.5) is 0 Å². The molecule has 0 aromatic carbocycles. The maximum atomic E-state index is 5.61. The molecule has 3 rings (SSSR count). The molecule has 1 aliphatic heterocycles. The third-order valence-electron chi connectivity index (χ3n) is 4.27. The van der Waals surface area contributed by atoms with Crippen LogP contribution in [0.3, 0.4) is 0 Å². The van der Waals surface area contributed by atoms with E-state index in [0.717, 1.165) is 56.0 Å². The van der Waals surface area contributed by atoms with E-state index in [-0.39, 0.29) is 5.41 Å². The van der Waals surface area contributed by atoms with Crippen molar-refractivity contribution in [3.63, 3.8) is 0 Å². The summed E-state index contributed by atoms with van der Waals surface area (Å²) in [4.78, 5) is 4.66. The number of aromatic nitrogens is 2. The molecule has 0 saturated carbocycles. The highest BCUT2D eigenvalue weighted by atomic mass is 16.5. The van der Waals surface area contributed by atoms with Gasteiger partial charge in [0.1, 0.15) is 5.76 Å². The smallest absolute Gasteiger partial charge is 0.233 e. The summed E-state index contributed by atoms with van der Waals surface area (Å²) in [5, 5.41) is 7.56. The van der Waals surface area contributed by atoms with E-state index in [9.17, 15) is 0 Å². The summed E-state index contributed by atoms with van der Waals surface area (Å²) in [5.74, 6) is 2.25. The predicted molar refractivity (Wildman–Crippen MR) is 75.4 cm³/mol. The molecule has 108 valence electrons. The Morgan fingerprint density at radius 3 is 2.80 bits per heavy atom. The number of nitrogens with one attached hydrogen (secondary N) is 1. The SMILES string of the molecule is CCCC1(c2nc(-c3ccoc3C)no2)CCNCC1. The van der Waals surface area contributed by atoms with Gasteiger partial charge in [-0.05, 0) is 45.3 Å². The maximum Gasteiger partial charge on any atom is 0.233 e. The molecule has 1 N–H and O–H groups in total. The highest BCUT2D eigenvalue weighted by Gasteiger charge is 2.38. The first kappa shape index (κ1) is 13.4. The second kappa shape index (κ2) is 5.40. The number of piperidine rings is 1. The van der Waals surface area contributed by atoms with Gasteiger partial charge in [-0.1, -0.05) is 18.5 Å². The van der Waals surface area contributed by atoms with Crippen LogP contribution in [-0.4, -0.2) is 23.2 Å². The molecule has 1 saturated heterocycles. The van der Waals surface area contributed by atoms with Gasteiger partial charge in [0.15, 0.2) is 0 Å². The normalized spacial score (nSPS) is 18.3. The van der Waals surface area contributed by atoms with Gasteiger partial charge in [-0.25, -0.2) is 0 Å². The Labute approximate surface area is 118 Å². The fraction of sp³-hybridized carbons (Fsp3) is 0.600. The van der Waals surface area contributed by atoms with Crippen LogP contribution in [-0.2, 0) is 5.41 Å². The van der Waals surface area contributed by atoms with E-state index in [4.69, 9.17) is 8.94 Å². The molecule has 0 radical (unpaired) electrons. The van der Waals surface area contributed by atoms with Crippen molar-refractivity contribution in [2.45, 2.75) is 44.9 Å². The highest BCUT2D eigenvalue weighted by Crippen LogP contribution is 2.37. The minimum atomic E-state index is 0.0445. The van der Waals surface area contributed by atoms with Crippen LogP contribution in [0.2, 0.25) is 0 Å². The average Bonchev–Trinajstić information content (AvgIpc) is 3.08. The zero-order valence-corrected chi connectivity index (χ0v) is 12.1. The van der Waals surface area contributed by atoms with Crippen molar-refractivity contribution in [1.82, 2.24) is 15.5 Å². The first-order valence-electron chi connectivity index (χ1n) is 7.34. The Morgan fingerprint density at radius 1 is 1.35 bits per heavy atom. The third kappa shape index (κ3) is 2.26. The zero-order valence-electron chi connectivity index (χ0n) is 12.1. The van der Waals surface area contributed by atoms with Crippen molar-refractivity contribution >= 4 is 0 Å². The van der Waals surface area contributed by atoms with Crippen molar-refractivity contribution < 1.29 is 8.94 Å². The lowest BCUT2D eigenvalue weighted by molar-refractivity contribution is 0.208. The third-order valence-corrected chi connectivity index (χ3v) is 4.27. The van der Waals surface area contributed by atoms with E-state index in [2.05, 4.69) is 22.4 Å². The van der Waals surface area contributed by atoms with Crippen LogP contribution in [0, 0.1) is 6.92 Å². The summed E-state index contributed by atoms with van der Waals surface area (Å²) < 4.78 is 10.9. The summed E-state index contributed by atoms with van der Waals surface area (Å²) in [6.07, 6.45) is 6.01. The van der Waals surface area contributed by atoms with Gasteiger partial charge in [0, 0.05) is 0 Å². The molecule has 0 unspecified atom stereocenters. The van der Waals surface area contributed by atoms with Crippen LogP contribution >= 0.6 is 0 Å². The molecule has 0 amide bonds. The summed E-state index contributed by atoms with van der Waals surface area (Å²) in [6, 6.07) is 1.89. The van der Waals surface area contributed by atoms with Crippen molar-refractivity contribution in [2.75, 3.05) is 13.1 Å². The monoisotopic (exact) mass is 275 g/mol. The second-order valence-corrected chi connectivity index (χ2v) is 5.59. The lowest BCUT2D eigenvalue weighted by Gasteiger charge is -2.34. The van der Waals surface area contributed by atoms with Gasteiger partial charge in [0.25, 0.3) is 0 Å². The molecule has 0 bridgehead atoms. The Hall–Kier alpha value is -1.62. The standard InChI is InChI=1S/C15H21N3O2/c1-3-5-15(6-8-16-9-7-15)14-17-13(18-20-14)12-4-10-19-11(12)2/h4,10,16H,3,5-9H2,1-2H3. The first-order chi connectivity index (χ1) is 9.75. The number of aryl methyl sites for hydroxylation is 1. The number of hydrogen-bond donors (Lipinski definition) is 1. The van der Waals surface area contributed by atoms with Crippen LogP contribution in [0.1, 0.15) is 44.3 Å². The van der Waals surface area contributed by atoms with E-state index in [1.165, 1.54) is 0 Å². The molecular weight excluding hydrogens is 254 g/mol. The van der Waals surface area contributed by atoms with E-state index in [1.54, 1.807) is 6.26 Å². The maximum absolute atomic E-state index is 5.61. The molecule has 2 aromatic rings. The van der Waals surface area contributed by atoms with Crippen molar-refractivity contribution in [2.24, 2.45) is 0 Å². The van der Waals surface area contributed by atoms with Crippen LogP contribution in [0.15, 0.2) is 21.3 Å². The van der Waals surface area contributed by atoms with Gasteiger partial charge in [-0.2, -0.15) is 4.98 Å². The van der Waals surface area contributed by atoms with Crippen molar-refractivity contribution in [1.29, 1.82) is 0 Å². The fourth-order valence-electron chi connectivity index (χ4n) is 3.12. The van der Waals surface area contributed by atoms with Crippen molar-refractivity contribution in [3.05, 3.63) is 24.0 Å². The van der Waals surface area contributed by atoms with Gasteiger partial charge in [-0.3, -0.25) is 0 Å². The molecule has 5 nitrogen and oxygen atoms in total. The number of furan rings is 1. The van der Waals surface area contributed by atoms with Crippen LogP contribution < -0.4 is 5.32 Å². The molecule has 1 fully saturated rings. The lowest BCUT2D eigenvalue weighted by Crippen LogP contribution is -2.40. The average molecular weight is 275 g/mol.